The first-order valence-electron chi connectivity index (χ1n) is 8.64. The number of halogens is 3. The van der Waals surface area contributed by atoms with Gasteiger partial charge in [-0.2, -0.15) is 18.3 Å². The van der Waals surface area contributed by atoms with Crippen LogP contribution in [0.15, 0.2) is 0 Å². The molecule has 0 saturated heterocycles. The van der Waals surface area contributed by atoms with Crippen LogP contribution in [0.3, 0.4) is 0 Å². The number of carbonyl (C=O) groups is 2. The standard InChI is InChI=1S/C17H24F3N3O3/c1-11-13(12(2)23(22-11)10-17(18,19)20)8-14(24)21-9-16(15(25)26)6-4-3-5-7-16/h3-10H2,1-2H3,(H,21,24)(H,25,26). The third-order valence-electron chi connectivity index (χ3n) is 5.09. The van der Waals surface area contributed by atoms with Crippen LogP contribution in [0.25, 0.3) is 0 Å². The second-order valence-electron chi connectivity index (χ2n) is 7.02. The van der Waals surface area contributed by atoms with Crippen LogP contribution in [-0.4, -0.2) is 39.5 Å². The van der Waals surface area contributed by atoms with Gasteiger partial charge in [0, 0.05) is 17.8 Å². The third kappa shape index (κ3) is 4.76. The van der Waals surface area contributed by atoms with Gasteiger partial charge in [0.25, 0.3) is 0 Å². The second-order valence-corrected chi connectivity index (χ2v) is 7.02. The number of carbonyl (C=O) groups excluding carboxylic acids is 1. The minimum Gasteiger partial charge on any atom is -0.481 e. The first-order chi connectivity index (χ1) is 12.0. The van der Waals surface area contributed by atoms with E-state index in [-0.39, 0.29) is 13.0 Å². The van der Waals surface area contributed by atoms with Gasteiger partial charge in [0.05, 0.1) is 17.5 Å². The molecule has 9 heteroatoms. The van der Waals surface area contributed by atoms with Crippen molar-refractivity contribution in [3.8, 4) is 0 Å². The highest BCUT2D eigenvalue weighted by Crippen LogP contribution is 2.36. The minimum atomic E-state index is -4.39. The maximum Gasteiger partial charge on any atom is 0.408 e. The smallest absolute Gasteiger partial charge is 0.408 e. The van der Waals surface area contributed by atoms with Gasteiger partial charge in [0.1, 0.15) is 6.54 Å². The van der Waals surface area contributed by atoms with E-state index in [4.69, 9.17) is 0 Å². The van der Waals surface area contributed by atoms with Crippen LogP contribution in [0.5, 0.6) is 0 Å². The number of amides is 1. The predicted octanol–water partition coefficient (Wildman–Crippen LogP) is 2.76. The SMILES string of the molecule is Cc1nn(CC(F)(F)F)c(C)c1CC(=O)NCC1(C(=O)O)CCCCC1. The van der Waals surface area contributed by atoms with E-state index >= 15 is 0 Å². The van der Waals surface area contributed by atoms with Crippen LogP contribution >= 0.6 is 0 Å². The molecule has 0 spiro atoms. The number of aromatic nitrogens is 2. The summed E-state index contributed by atoms with van der Waals surface area (Å²) in [6, 6.07) is 0. The fraction of sp³-hybridized carbons (Fsp3) is 0.706. The lowest BCUT2D eigenvalue weighted by atomic mass is 9.74. The lowest BCUT2D eigenvalue weighted by molar-refractivity contribution is -0.151. The summed E-state index contributed by atoms with van der Waals surface area (Å²) >= 11 is 0. The van der Waals surface area contributed by atoms with Crippen LogP contribution in [0, 0.1) is 19.3 Å². The molecular weight excluding hydrogens is 351 g/mol. The molecule has 1 saturated carbocycles. The highest BCUT2D eigenvalue weighted by molar-refractivity contribution is 5.81. The Hall–Kier alpha value is -2.06. The Labute approximate surface area is 149 Å². The van der Waals surface area contributed by atoms with Crippen molar-refractivity contribution < 1.29 is 27.9 Å². The largest absolute Gasteiger partial charge is 0.481 e. The number of aliphatic carboxylic acids is 1. The number of hydrogen-bond donors (Lipinski definition) is 2. The van der Waals surface area contributed by atoms with Gasteiger partial charge in [-0.3, -0.25) is 14.3 Å². The molecule has 1 heterocycles. The molecular formula is C17H24F3N3O3. The average molecular weight is 375 g/mol. The molecule has 26 heavy (non-hydrogen) atoms. The number of rotatable bonds is 6. The molecule has 146 valence electrons. The van der Waals surface area contributed by atoms with Gasteiger partial charge in [-0.1, -0.05) is 19.3 Å². The molecule has 1 aliphatic carbocycles. The van der Waals surface area contributed by atoms with Gasteiger partial charge in [-0.05, 0) is 26.7 Å². The Balaban J connectivity index is 2.02. The number of nitrogens with one attached hydrogen (secondary N) is 1. The zero-order valence-corrected chi connectivity index (χ0v) is 14.9. The number of alkyl halides is 3. The molecule has 2 rings (SSSR count). The summed E-state index contributed by atoms with van der Waals surface area (Å²) in [6.07, 6.45) is -0.869. The maximum absolute atomic E-state index is 12.6. The van der Waals surface area contributed by atoms with E-state index in [2.05, 4.69) is 10.4 Å². The van der Waals surface area contributed by atoms with Crippen LogP contribution in [0.4, 0.5) is 13.2 Å². The highest BCUT2D eigenvalue weighted by Gasteiger charge is 2.39. The second kappa shape index (κ2) is 7.67. The number of nitrogens with zero attached hydrogens (tertiary/aromatic N) is 2. The van der Waals surface area contributed by atoms with E-state index in [0.29, 0.717) is 29.8 Å². The van der Waals surface area contributed by atoms with Crippen LogP contribution in [0.1, 0.15) is 49.1 Å². The highest BCUT2D eigenvalue weighted by atomic mass is 19.4. The fourth-order valence-electron chi connectivity index (χ4n) is 3.50. The van der Waals surface area contributed by atoms with Crippen LogP contribution in [-0.2, 0) is 22.6 Å². The maximum atomic E-state index is 12.6. The van der Waals surface area contributed by atoms with Crippen molar-refractivity contribution in [2.75, 3.05) is 6.54 Å². The van der Waals surface area contributed by atoms with E-state index in [1.165, 1.54) is 6.92 Å². The normalized spacial score (nSPS) is 17.1. The topological polar surface area (TPSA) is 84.2 Å². The summed E-state index contributed by atoms with van der Waals surface area (Å²) < 4.78 is 38.6. The van der Waals surface area contributed by atoms with E-state index in [1.54, 1.807) is 6.92 Å². The quantitative estimate of drug-likeness (QED) is 0.801. The molecule has 0 radical (unpaired) electrons. The number of carboxylic acids is 1. The molecule has 0 unspecified atom stereocenters. The molecule has 0 atom stereocenters. The molecule has 0 bridgehead atoms. The number of carboxylic acid groups (broad SMARTS) is 1. The minimum absolute atomic E-state index is 0.0376. The monoisotopic (exact) mass is 375 g/mol. The van der Waals surface area contributed by atoms with Crippen molar-refractivity contribution in [1.29, 1.82) is 0 Å². The van der Waals surface area contributed by atoms with Crippen molar-refractivity contribution in [3.05, 3.63) is 17.0 Å². The zero-order valence-electron chi connectivity index (χ0n) is 14.9. The lowest BCUT2D eigenvalue weighted by Crippen LogP contribution is -2.44. The average Bonchev–Trinajstić information content (AvgIpc) is 2.79. The molecule has 1 amide bonds. The molecule has 1 aromatic heterocycles. The Kier molecular flexibility index (Phi) is 5.98. The van der Waals surface area contributed by atoms with Crippen molar-refractivity contribution in [2.24, 2.45) is 5.41 Å². The number of aryl methyl sites for hydroxylation is 1. The summed E-state index contributed by atoms with van der Waals surface area (Å²) in [5, 5.41) is 16.0. The molecule has 2 N–H and O–H groups in total. The Bertz CT molecular complexity index is 677. The summed E-state index contributed by atoms with van der Waals surface area (Å²) in [6.45, 7) is 1.88. The van der Waals surface area contributed by atoms with Crippen molar-refractivity contribution in [2.45, 2.75) is 65.1 Å². The zero-order chi connectivity index (χ0) is 19.5. The van der Waals surface area contributed by atoms with E-state index < -0.39 is 30.0 Å². The van der Waals surface area contributed by atoms with Gasteiger partial charge in [-0.25, -0.2) is 0 Å². The van der Waals surface area contributed by atoms with Crippen LogP contribution < -0.4 is 5.32 Å². The fourth-order valence-corrected chi connectivity index (χ4v) is 3.50. The predicted molar refractivity (Wildman–Crippen MR) is 87.6 cm³/mol. The van der Waals surface area contributed by atoms with Crippen molar-refractivity contribution in [3.63, 3.8) is 0 Å². The van der Waals surface area contributed by atoms with Gasteiger partial charge in [0.15, 0.2) is 0 Å². The van der Waals surface area contributed by atoms with E-state index in [0.717, 1.165) is 23.9 Å². The molecule has 1 fully saturated rings. The molecule has 1 aliphatic rings. The van der Waals surface area contributed by atoms with Gasteiger partial charge in [-0.15, -0.1) is 0 Å². The van der Waals surface area contributed by atoms with Crippen molar-refractivity contribution >= 4 is 11.9 Å². The molecule has 0 aliphatic heterocycles. The summed E-state index contributed by atoms with van der Waals surface area (Å²) in [7, 11) is 0. The Morgan fingerprint density at radius 1 is 1.23 bits per heavy atom. The Morgan fingerprint density at radius 3 is 2.38 bits per heavy atom. The number of hydrogen-bond acceptors (Lipinski definition) is 3. The van der Waals surface area contributed by atoms with E-state index in [1.807, 2.05) is 0 Å². The molecule has 6 nitrogen and oxygen atoms in total. The van der Waals surface area contributed by atoms with Gasteiger partial charge < -0.3 is 10.4 Å². The van der Waals surface area contributed by atoms with Crippen molar-refractivity contribution in [1.82, 2.24) is 15.1 Å². The summed E-state index contributed by atoms with van der Waals surface area (Å²) in [5.74, 6) is -1.32. The van der Waals surface area contributed by atoms with Gasteiger partial charge >= 0.3 is 12.1 Å². The third-order valence-corrected chi connectivity index (χ3v) is 5.09. The summed E-state index contributed by atoms with van der Waals surface area (Å²) in [5.41, 5.74) is 0.159. The van der Waals surface area contributed by atoms with Gasteiger partial charge in [0.2, 0.25) is 5.91 Å². The summed E-state index contributed by atoms with van der Waals surface area (Å²) in [4.78, 5) is 23.9. The first kappa shape index (κ1) is 20.3. The van der Waals surface area contributed by atoms with Crippen LogP contribution in [0.2, 0.25) is 0 Å². The molecule has 0 aromatic carbocycles. The first-order valence-corrected chi connectivity index (χ1v) is 8.64. The Morgan fingerprint density at radius 2 is 1.85 bits per heavy atom. The molecule has 1 aromatic rings. The lowest BCUT2D eigenvalue weighted by Gasteiger charge is -2.33. The van der Waals surface area contributed by atoms with E-state index in [9.17, 15) is 27.9 Å².